The minimum Gasteiger partial charge on any atom is -0.378 e. The molecular weight excluding hydrogens is 410 g/mol. The third-order valence-corrected chi connectivity index (χ3v) is 6.10. The van der Waals surface area contributed by atoms with Gasteiger partial charge in [-0.1, -0.05) is 59.4 Å². The van der Waals surface area contributed by atoms with Gasteiger partial charge in [-0.15, -0.1) is 10.2 Å². The van der Waals surface area contributed by atoms with Gasteiger partial charge in [0.05, 0.1) is 24.6 Å². The first-order valence-corrected chi connectivity index (χ1v) is 11.3. The van der Waals surface area contributed by atoms with E-state index < -0.39 is 0 Å². The predicted molar refractivity (Wildman–Crippen MR) is 121 cm³/mol. The molecule has 1 aliphatic rings. The average molecular weight is 434 g/mol. The predicted octanol–water partition coefficient (Wildman–Crippen LogP) is 4.36. The van der Waals surface area contributed by atoms with Gasteiger partial charge in [0.1, 0.15) is 0 Å². The van der Waals surface area contributed by atoms with E-state index in [2.05, 4.69) is 56.0 Å². The molecule has 0 amide bonds. The molecule has 0 bridgehead atoms. The van der Waals surface area contributed by atoms with Crippen molar-refractivity contribution >= 4 is 17.7 Å². The maximum atomic E-state index is 5.54. The standard InChI is InChI=1S/C23H23N5O2S/c1-17-6-5-9-20(14-17)28-22(27-10-12-29-13-11-27)24-25-23(28)31-16-19-15-21(30-26-19)18-7-3-2-4-8-18/h2-9,14-15H,10-13,16H2,1H3. The van der Waals surface area contributed by atoms with Gasteiger partial charge in [0.25, 0.3) is 0 Å². The second-order valence-corrected chi connectivity index (χ2v) is 8.34. The monoisotopic (exact) mass is 433 g/mol. The summed E-state index contributed by atoms with van der Waals surface area (Å²) in [6, 6.07) is 20.4. The fourth-order valence-electron chi connectivity index (χ4n) is 3.57. The topological polar surface area (TPSA) is 69.2 Å². The molecule has 1 aliphatic heterocycles. The number of thioether (sulfide) groups is 1. The number of hydrogen-bond acceptors (Lipinski definition) is 7. The third kappa shape index (κ3) is 4.35. The van der Waals surface area contributed by atoms with Crippen molar-refractivity contribution in [2.75, 3.05) is 31.2 Å². The Kier molecular flexibility index (Phi) is 5.73. The fourth-order valence-corrected chi connectivity index (χ4v) is 4.40. The Labute approximate surface area is 185 Å². The smallest absolute Gasteiger partial charge is 0.232 e. The second kappa shape index (κ2) is 8.95. The minimum absolute atomic E-state index is 0.642. The van der Waals surface area contributed by atoms with Crippen molar-refractivity contribution in [1.29, 1.82) is 0 Å². The highest BCUT2D eigenvalue weighted by atomic mass is 32.2. The zero-order chi connectivity index (χ0) is 21.0. The number of rotatable bonds is 6. The summed E-state index contributed by atoms with van der Waals surface area (Å²) in [7, 11) is 0. The summed E-state index contributed by atoms with van der Waals surface area (Å²) in [6.07, 6.45) is 0. The Hall–Kier alpha value is -3.10. The summed E-state index contributed by atoms with van der Waals surface area (Å²) in [5, 5.41) is 14.1. The number of nitrogens with zero attached hydrogens (tertiary/aromatic N) is 5. The molecule has 0 aliphatic carbocycles. The number of aromatic nitrogens is 4. The van der Waals surface area contributed by atoms with E-state index in [0.29, 0.717) is 19.0 Å². The molecule has 158 valence electrons. The van der Waals surface area contributed by atoms with Crippen LogP contribution in [0.3, 0.4) is 0 Å². The largest absolute Gasteiger partial charge is 0.378 e. The van der Waals surface area contributed by atoms with Crippen molar-refractivity contribution < 1.29 is 9.26 Å². The molecule has 0 saturated carbocycles. The van der Waals surface area contributed by atoms with Crippen molar-refractivity contribution in [2.24, 2.45) is 0 Å². The maximum absolute atomic E-state index is 5.54. The second-order valence-electron chi connectivity index (χ2n) is 7.39. The van der Waals surface area contributed by atoms with E-state index in [1.165, 1.54) is 5.56 Å². The summed E-state index contributed by atoms with van der Waals surface area (Å²) in [4.78, 5) is 2.23. The van der Waals surface area contributed by atoms with E-state index in [0.717, 1.165) is 46.9 Å². The van der Waals surface area contributed by atoms with Gasteiger partial charge in [-0.25, -0.2) is 0 Å². The Morgan fingerprint density at radius 2 is 1.81 bits per heavy atom. The maximum Gasteiger partial charge on any atom is 0.232 e. The highest BCUT2D eigenvalue weighted by Gasteiger charge is 2.22. The summed E-state index contributed by atoms with van der Waals surface area (Å²) in [5.74, 6) is 2.26. The van der Waals surface area contributed by atoms with Crippen molar-refractivity contribution in [1.82, 2.24) is 19.9 Å². The molecule has 7 nitrogen and oxygen atoms in total. The van der Waals surface area contributed by atoms with E-state index in [9.17, 15) is 0 Å². The first-order valence-electron chi connectivity index (χ1n) is 10.3. The van der Waals surface area contributed by atoms with Gasteiger partial charge in [0, 0.05) is 30.5 Å². The van der Waals surface area contributed by atoms with Gasteiger partial charge in [-0.3, -0.25) is 4.57 Å². The van der Waals surface area contributed by atoms with Crippen molar-refractivity contribution in [3.63, 3.8) is 0 Å². The van der Waals surface area contributed by atoms with Gasteiger partial charge in [-0.2, -0.15) is 0 Å². The first kappa shape index (κ1) is 19.8. The van der Waals surface area contributed by atoms with Crippen LogP contribution in [0.1, 0.15) is 11.3 Å². The van der Waals surface area contributed by atoms with E-state index in [1.807, 2.05) is 36.4 Å². The normalized spacial score (nSPS) is 14.2. The summed E-state index contributed by atoms with van der Waals surface area (Å²) < 4.78 is 13.2. The van der Waals surface area contributed by atoms with Gasteiger partial charge in [-0.05, 0) is 24.6 Å². The van der Waals surface area contributed by atoms with E-state index in [4.69, 9.17) is 9.26 Å². The van der Waals surface area contributed by atoms with Crippen molar-refractivity contribution in [2.45, 2.75) is 17.8 Å². The molecule has 0 atom stereocenters. The molecule has 5 rings (SSSR count). The molecule has 3 heterocycles. The van der Waals surface area contributed by atoms with Crippen LogP contribution in [0.15, 0.2) is 70.3 Å². The van der Waals surface area contributed by atoms with Crippen LogP contribution in [0.25, 0.3) is 17.0 Å². The van der Waals surface area contributed by atoms with E-state index in [1.54, 1.807) is 11.8 Å². The zero-order valence-corrected chi connectivity index (χ0v) is 18.1. The third-order valence-electron chi connectivity index (χ3n) is 5.14. The van der Waals surface area contributed by atoms with Crippen LogP contribution in [-0.2, 0) is 10.5 Å². The summed E-state index contributed by atoms with van der Waals surface area (Å²) >= 11 is 1.60. The Bertz CT molecular complexity index is 1150. The molecular formula is C23H23N5O2S. The fraction of sp³-hybridized carbons (Fsp3) is 0.261. The van der Waals surface area contributed by atoms with Crippen molar-refractivity contribution in [3.8, 4) is 17.0 Å². The lowest BCUT2D eigenvalue weighted by Gasteiger charge is -2.28. The molecule has 0 spiro atoms. The first-order chi connectivity index (χ1) is 15.3. The average Bonchev–Trinajstić information content (AvgIpc) is 3.46. The van der Waals surface area contributed by atoms with Crippen LogP contribution < -0.4 is 4.90 Å². The molecule has 2 aromatic carbocycles. The number of hydrogen-bond donors (Lipinski definition) is 0. The molecule has 0 radical (unpaired) electrons. The number of anilines is 1. The van der Waals surface area contributed by atoms with Crippen LogP contribution in [0.4, 0.5) is 5.95 Å². The molecule has 1 fully saturated rings. The van der Waals surface area contributed by atoms with E-state index in [-0.39, 0.29) is 0 Å². The van der Waals surface area contributed by atoms with Crippen LogP contribution in [0.5, 0.6) is 0 Å². The highest BCUT2D eigenvalue weighted by Crippen LogP contribution is 2.30. The molecule has 0 unspecified atom stereocenters. The summed E-state index contributed by atoms with van der Waals surface area (Å²) in [6.45, 7) is 5.10. The number of benzene rings is 2. The highest BCUT2D eigenvalue weighted by molar-refractivity contribution is 7.98. The molecule has 2 aromatic heterocycles. The molecule has 1 saturated heterocycles. The zero-order valence-electron chi connectivity index (χ0n) is 17.3. The quantitative estimate of drug-likeness (QED) is 0.419. The van der Waals surface area contributed by atoms with E-state index >= 15 is 0 Å². The number of morpholine rings is 1. The van der Waals surface area contributed by atoms with Gasteiger partial charge in [0.15, 0.2) is 10.9 Å². The molecule has 0 N–H and O–H groups in total. The molecule has 31 heavy (non-hydrogen) atoms. The van der Waals surface area contributed by atoms with Gasteiger partial charge < -0.3 is 14.2 Å². The van der Waals surface area contributed by atoms with Crippen molar-refractivity contribution in [3.05, 3.63) is 71.9 Å². The number of ether oxygens (including phenoxy) is 1. The Morgan fingerprint density at radius 1 is 0.968 bits per heavy atom. The molecule has 4 aromatic rings. The lowest BCUT2D eigenvalue weighted by Crippen LogP contribution is -2.37. The SMILES string of the molecule is Cc1cccc(-n2c(SCc3cc(-c4ccccc4)on3)nnc2N2CCOCC2)c1. The van der Waals surface area contributed by atoms with Gasteiger partial charge >= 0.3 is 0 Å². The Balaban J connectivity index is 1.41. The van der Waals surface area contributed by atoms with Crippen LogP contribution >= 0.6 is 11.8 Å². The van der Waals surface area contributed by atoms with Crippen LogP contribution in [0, 0.1) is 6.92 Å². The minimum atomic E-state index is 0.642. The lowest BCUT2D eigenvalue weighted by molar-refractivity contribution is 0.122. The molecule has 8 heteroatoms. The number of aryl methyl sites for hydroxylation is 1. The van der Waals surface area contributed by atoms with Crippen LogP contribution in [0.2, 0.25) is 0 Å². The summed E-state index contributed by atoms with van der Waals surface area (Å²) in [5.41, 5.74) is 4.14. The van der Waals surface area contributed by atoms with Gasteiger partial charge in [0.2, 0.25) is 5.95 Å². The van der Waals surface area contributed by atoms with Crippen LogP contribution in [-0.4, -0.2) is 46.2 Å². The lowest BCUT2D eigenvalue weighted by atomic mass is 10.2. The Morgan fingerprint density at radius 3 is 2.61 bits per heavy atom.